The van der Waals surface area contributed by atoms with E-state index < -0.39 is 0 Å². The van der Waals surface area contributed by atoms with Gasteiger partial charge in [-0.2, -0.15) is 0 Å². The molecule has 0 atom stereocenters. The summed E-state index contributed by atoms with van der Waals surface area (Å²) in [5, 5.41) is 1.33. The molecule has 66 valence electrons. The smallest absolute Gasteiger partial charge is 0.267 e. The summed E-state index contributed by atoms with van der Waals surface area (Å²) in [6.07, 6.45) is 4.67. The van der Waals surface area contributed by atoms with E-state index in [0.717, 1.165) is 11.3 Å². The van der Waals surface area contributed by atoms with Crippen molar-refractivity contribution < 1.29 is 4.79 Å². The lowest BCUT2D eigenvalue weighted by Crippen LogP contribution is -2.29. The molecular formula is C10H5N3O. The number of fused-ring (bicyclic) bond motifs is 3. The highest BCUT2D eigenvalue weighted by Gasteiger charge is 2.09. The Hall–Kier alpha value is -2.10. The zero-order valence-corrected chi connectivity index (χ0v) is 7.14. The van der Waals surface area contributed by atoms with Gasteiger partial charge >= 0.3 is 0 Å². The molecule has 0 fully saturated rings. The van der Waals surface area contributed by atoms with Gasteiger partial charge in [-0.25, -0.2) is 15.0 Å². The molecule has 0 bridgehead atoms. The monoisotopic (exact) mass is 183 g/mol. The van der Waals surface area contributed by atoms with Crippen molar-refractivity contribution >= 4 is 24.0 Å². The van der Waals surface area contributed by atoms with Crippen LogP contribution in [-0.4, -0.2) is 12.2 Å². The van der Waals surface area contributed by atoms with Crippen LogP contribution in [0.5, 0.6) is 0 Å². The standard InChI is InChI=1S/C10H5N3O/c14-8-4-2-6-1-3-7-10(9(6)13-8)12-5-11-7/h1-5H. The number of hydrogen-bond acceptors (Lipinski definition) is 3. The Bertz CT molecular complexity index is 611. The first-order valence-electron chi connectivity index (χ1n) is 4.19. The van der Waals surface area contributed by atoms with Gasteiger partial charge in [0.05, 0.1) is 5.69 Å². The highest BCUT2D eigenvalue weighted by atomic mass is 16.1. The van der Waals surface area contributed by atoms with Gasteiger partial charge in [-0.1, -0.05) is 6.07 Å². The lowest BCUT2D eigenvalue weighted by Gasteiger charge is -2.00. The van der Waals surface area contributed by atoms with E-state index in [0.29, 0.717) is 10.7 Å². The normalized spacial score (nSPS) is 15.9. The maximum absolute atomic E-state index is 11.1. The van der Waals surface area contributed by atoms with Crippen molar-refractivity contribution in [3.05, 3.63) is 34.5 Å². The van der Waals surface area contributed by atoms with E-state index in [1.807, 2.05) is 12.1 Å². The molecule has 0 spiro atoms. The molecule has 4 nitrogen and oxygen atoms in total. The van der Waals surface area contributed by atoms with Gasteiger partial charge in [0, 0.05) is 11.6 Å². The summed E-state index contributed by atoms with van der Waals surface area (Å²) in [7, 11) is 0. The van der Waals surface area contributed by atoms with E-state index in [1.54, 1.807) is 6.08 Å². The Morgan fingerprint density at radius 2 is 2.00 bits per heavy atom. The minimum atomic E-state index is -0.243. The van der Waals surface area contributed by atoms with Gasteiger partial charge in [0.2, 0.25) is 0 Å². The van der Waals surface area contributed by atoms with Crippen LogP contribution in [0.3, 0.4) is 0 Å². The molecule has 0 saturated heterocycles. The first kappa shape index (κ1) is 7.32. The lowest BCUT2D eigenvalue weighted by molar-refractivity contribution is -0.113. The second kappa shape index (κ2) is 2.45. The van der Waals surface area contributed by atoms with E-state index in [2.05, 4.69) is 15.0 Å². The van der Waals surface area contributed by atoms with Gasteiger partial charge in [-0.05, 0) is 12.1 Å². The molecule has 14 heavy (non-hydrogen) atoms. The Morgan fingerprint density at radius 3 is 2.93 bits per heavy atom. The van der Waals surface area contributed by atoms with Crippen LogP contribution in [0.15, 0.2) is 33.2 Å². The summed E-state index contributed by atoms with van der Waals surface area (Å²) in [4.78, 5) is 23.1. The fraction of sp³-hybridized carbons (Fsp3) is 0. The molecular weight excluding hydrogens is 178 g/mol. The Balaban J connectivity index is 2.51. The van der Waals surface area contributed by atoms with Gasteiger partial charge in [-0.15, -0.1) is 0 Å². The summed E-state index contributed by atoms with van der Waals surface area (Å²) in [6, 6.07) is 3.76. The van der Waals surface area contributed by atoms with Gasteiger partial charge in [0.15, 0.2) is 0 Å². The van der Waals surface area contributed by atoms with Crippen LogP contribution >= 0.6 is 0 Å². The van der Waals surface area contributed by atoms with E-state index in [-0.39, 0.29) is 5.91 Å². The van der Waals surface area contributed by atoms with Gasteiger partial charge in [0.1, 0.15) is 17.1 Å². The third-order valence-electron chi connectivity index (χ3n) is 2.17. The first-order chi connectivity index (χ1) is 6.84. The van der Waals surface area contributed by atoms with Gasteiger partial charge < -0.3 is 0 Å². The molecule has 1 aromatic rings. The molecule has 0 aromatic heterocycles. The molecule has 2 aliphatic heterocycles. The van der Waals surface area contributed by atoms with Crippen LogP contribution in [0.4, 0.5) is 5.69 Å². The van der Waals surface area contributed by atoms with Crippen LogP contribution in [0, 0.1) is 0 Å². The van der Waals surface area contributed by atoms with Crippen LogP contribution in [0.2, 0.25) is 0 Å². The number of amides is 1. The predicted octanol–water partition coefficient (Wildman–Crippen LogP) is 0.153. The van der Waals surface area contributed by atoms with Crippen LogP contribution in [0.1, 0.15) is 5.56 Å². The van der Waals surface area contributed by atoms with Crippen molar-refractivity contribution in [1.82, 2.24) is 0 Å². The topological polar surface area (TPSA) is 54.1 Å². The fourth-order valence-corrected chi connectivity index (χ4v) is 1.53. The van der Waals surface area contributed by atoms with Crippen molar-refractivity contribution in [2.75, 3.05) is 0 Å². The predicted molar refractivity (Wildman–Crippen MR) is 50.9 cm³/mol. The van der Waals surface area contributed by atoms with Crippen LogP contribution < -0.4 is 10.7 Å². The zero-order valence-electron chi connectivity index (χ0n) is 7.14. The summed E-state index contributed by atoms with van der Waals surface area (Å²) in [5.74, 6) is -0.243. The maximum atomic E-state index is 11.1. The lowest BCUT2D eigenvalue weighted by atomic mass is 10.1. The maximum Gasteiger partial charge on any atom is 0.270 e. The fourth-order valence-electron chi connectivity index (χ4n) is 1.53. The minimum Gasteiger partial charge on any atom is -0.267 e. The van der Waals surface area contributed by atoms with E-state index in [1.165, 1.54) is 12.4 Å². The first-order valence-corrected chi connectivity index (χ1v) is 4.19. The number of rotatable bonds is 0. The molecule has 2 heterocycles. The van der Waals surface area contributed by atoms with Crippen molar-refractivity contribution in [3.63, 3.8) is 0 Å². The Kier molecular flexibility index (Phi) is 1.28. The highest BCUT2D eigenvalue weighted by molar-refractivity contribution is 5.94. The summed E-state index contributed by atoms with van der Waals surface area (Å²) >= 11 is 0. The van der Waals surface area contributed by atoms with E-state index in [9.17, 15) is 4.79 Å². The summed E-state index contributed by atoms with van der Waals surface area (Å²) in [6.45, 7) is 0. The van der Waals surface area contributed by atoms with Gasteiger partial charge in [0.25, 0.3) is 5.91 Å². The summed E-state index contributed by atoms with van der Waals surface area (Å²) < 4.78 is 0. The molecule has 4 heteroatoms. The third kappa shape index (κ3) is 0.877. The number of carbonyl (C=O) groups excluding carboxylic acids is 1. The molecule has 1 amide bonds. The number of hydrogen-bond donors (Lipinski definition) is 0. The Morgan fingerprint density at radius 1 is 1.07 bits per heavy atom. The molecule has 0 N–H and O–H groups in total. The van der Waals surface area contributed by atoms with Crippen LogP contribution in [-0.2, 0) is 4.79 Å². The molecule has 0 aliphatic carbocycles. The van der Waals surface area contributed by atoms with Crippen molar-refractivity contribution in [3.8, 4) is 0 Å². The summed E-state index contributed by atoms with van der Waals surface area (Å²) in [5.41, 5.74) is 1.69. The van der Waals surface area contributed by atoms with Crippen molar-refractivity contribution in [2.24, 2.45) is 15.0 Å². The minimum absolute atomic E-state index is 0.243. The van der Waals surface area contributed by atoms with E-state index >= 15 is 0 Å². The van der Waals surface area contributed by atoms with Crippen molar-refractivity contribution in [2.45, 2.75) is 0 Å². The number of carbonyl (C=O) groups is 1. The second-order valence-electron chi connectivity index (χ2n) is 3.03. The number of benzene rings is 1. The SMILES string of the molecule is O=C1C=Cc2ccc3c(c2=N1)=NC=N3. The molecule has 1 aromatic carbocycles. The Labute approximate surface area is 79.0 Å². The molecule has 0 radical (unpaired) electrons. The highest BCUT2D eigenvalue weighted by Crippen LogP contribution is 2.08. The van der Waals surface area contributed by atoms with Crippen molar-refractivity contribution in [1.29, 1.82) is 0 Å². The molecule has 3 rings (SSSR count). The second-order valence-corrected chi connectivity index (χ2v) is 3.03. The molecule has 2 aliphatic rings. The molecule has 0 unspecified atom stereocenters. The van der Waals surface area contributed by atoms with Crippen LogP contribution in [0.25, 0.3) is 6.08 Å². The number of nitrogens with zero attached hydrogens (tertiary/aromatic N) is 3. The third-order valence-corrected chi connectivity index (χ3v) is 2.17. The van der Waals surface area contributed by atoms with E-state index in [4.69, 9.17) is 0 Å². The van der Waals surface area contributed by atoms with Gasteiger partial charge in [-0.3, -0.25) is 4.79 Å². The molecule has 0 saturated carbocycles. The number of aliphatic imine (C=N–C) groups is 1. The largest absolute Gasteiger partial charge is 0.270 e. The zero-order chi connectivity index (χ0) is 9.54. The average molecular weight is 183 g/mol. The average Bonchev–Trinajstić information content (AvgIpc) is 2.65. The quantitative estimate of drug-likeness (QED) is 0.565.